The highest BCUT2D eigenvalue weighted by molar-refractivity contribution is 9.10. The Bertz CT molecular complexity index is 821. The highest BCUT2D eigenvalue weighted by atomic mass is 79.9. The van der Waals surface area contributed by atoms with Crippen molar-refractivity contribution in [3.63, 3.8) is 0 Å². The van der Waals surface area contributed by atoms with Gasteiger partial charge in [-0.3, -0.25) is 0 Å². The van der Waals surface area contributed by atoms with E-state index in [4.69, 9.17) is 9.47 Å². The first-order chi connectivity index (χ1) is 11.1. The van der Waals surface area contributed by atoms with Crippen LogP contribution in [0.3, 0.4) is 0 Å². The van der Waals surface area contributed by atoms with E-state index in [-0.39, 0.29) is 5.97 Å². The third kappa shape index (κ3) is 3.57. The number of hydrogen-bond donors (Lipinski definition) is 0. The van der Waals surface area contributed by atoms with Crippen molar-refractivity contribution in [2.45, 2.75) is 0 Å². The van der Waals surface area contributed by atoms with Gasteiger partial charge in [0.2, 0.25) is 0 Å². The van der Waals surface area contributed by atoms with Gasteiger partial charge in [0.1, 0.15) is 11.5 Å². The Kier molecular flexibility index (Phi) is 4.68. The molecule has 0 unspecified atom stereocenters. The fourth-order valence-corrected chi connectivity index (χ4v) is 3.02. The van der Waals surface area contributed by atoms with Gasteiger partial charge >= 0.3 is 5.97 Å². The minimum absolute atomic E-state index is 0.352. The molecule has 2 aromatic rings. The molecule has 1 aliphatic heterocycles. The Morgan fingerprint density at radius 2 is 1.83 bits per heavy atom. The molecule has 0 saturated heterocycles. The average Bonchev–Trinajstić information content (AvgIpc) is 2.89. The number of esters is 1. The number of hydrogen-bond acceptors (Lipinski definition) is 3. The summed E-state index contributed by atoms with van der Waals surface area (Å²) >= 11 is 6.82. The molecule has 0 aliphatic carbocycles. The first-order valence-corrected chi connectivity index (χ1v) is 8.40. The number of cyclic esters (lactones) is 1. The van der Waals surface area contributed by atoms with E-state index < -0.39 is 0 Å². The van der Waals surface area contributed by atoms with Crippen LogP contribution in [-0.2, 0) is 9.53 Å². The van der Waals surface area contributed by atoms with Crippen LogP contribution in [0.15, 0.2) is 63.1 Å². The third-order valence-corrected chi connectivity index (χ3v) is 4.50. The quantitative estimate of drug-likeness (QED) is 0.490. The summed E-state index contributed by atoms with van der Waals surface area (Å²) < 4.78 is 12.4. The van der Waals surface area contributed by atoms with Gasteiger partial charge in [-0.1, -0.05) is 34.1 Å². The number of rotatable bonds is 3. The molecule has 23 heavy (non-hydrogen) atoms. The van der Waals surface area contributed by atoms with E-state index in [1.807, 2.05) is 42.5 Å². The lowest BCUT2D eigenvalue weighted by Gasteiger charge is -2.03. The first-order valence-electron chi connectivity index (χ1n) is 6.82. The maximum Gasteiger partial charge on any atom is 0.343 e. The Morgan fingerprint density at radius 1 is 1.09 bits per heavy atom. The number of halogens is 2. The Morgan fingerprint density at radius 3 is 2.48 bits per heavy atom. The second-order valence-electron chi connectivity index (χ2n) is 4.90. The average molecular weight is 436 g/mol. The number of benzene rings is 2. The topological polar surface area (TPSA) is 35.5 Å². The van der Waals surface area contributed by atoms with Gasteiger partial charge in [-0.15, -0.1) is 0 Å². The molecule has 116 valence electrons. The first kappa shape index (κ1) is 16.0. The molecular weight excluding hydrogens is 424 g/mol. The van der Waals surface area contributed by atoms with Crippen LogP contribution in [0.1, 0.15) is 11.1 Å². The molecule has 0 aromatic heterocycles. The zero-order chi connectivity index (χ0) is 16.4. The molecular formula is C18H12Br2O3. The monoisotopic (exact) mass is 434 g/mol. The molecule has 0 spiro atoms. The minimum atomic E-state index is -0.352. The van der Waals surface area contributed by atoms with Gasteiger partial charge in [0, 0.05) is 10.0 Å². The van der Waals surface area contributed by atoms with Gasteiger partial charge < -0.3 is 9.47 Å². The van der Waals surface area contributed by atoms with Crippen LogP contribution in [0.5, 0.6) is 5.75 Å². The second kappa shape index (κ2) is 6.72. The van der Waals surface area contributed by atoms with E-state index in [9.17, 15) is 4.79 Å². The lowest BCUT2D eigenvalue weighted by Crippen LogP contribution is -1.97. The summed E-state index contributed by atoms with van der Waals surface area (Å²) in [4.78, 5) is 12.0. The number of carbonyl (C=O) groups excluding carboxylic acids is 1. The molecule has 0 saturated carbocycles. The van der Waals surface area contributed by atoms with Gasteiger partial charge in [0.05, 0.1) is 17.2 Å². The SMILES string of the molecule is COc1ccc(/C=C2\C=C(c3ccc(Br)cc3)OC2=O)cc1Br. The van der Waals surface area contributed by atoms with Crippen molar-refractivity contribution < 1.29 is 14.3 Å². The Hall–Kier alpha value is -1.85. The lowest BCUT2D eigenvalue weighted by molar-refractivity contribution is -0.130. The van der Waals surface area contributed by atoms with E-state index in [0.717, 1.165) is 25.8 Å². The molecule has 0 radical (unpaired) electrons. The van der Waals surface area contributed by atoms with E-state index in [0.29, 0.717) is 11.3 Å². The smallest absolute Gasteiger partial charge is 0.343 e. The predicted octanol–water partition coefficient (Wildman–Crippen LogP) is 5.20. The van der Waals surface area contributed by atoms with Gasteiger partial charge in [0.25, 0.3) is 0 Å². The normalized spacial score (nSPS) is 15.5. The number of ether oxygens (including phenoxy) is 2. The van der Waals surface area contributed by atoms with Crippen LogP contribution in [0, 0.1) is 0 Å². The van der Waals surface area contributed by atoms with E-state index in [1.54, 1.807) is 19.3 Å². The van der Waals surface area contributed by atoms with Crippen LogP contribution >= 0.6 is 31.9 Å². The zero-order valence-electron chi connectivity index (χ0n) is 12.2. The maximum absolute atomic E-state index is 12.0. The van der Waals surface area contributed by atoms with Crippen LogP contribution in [0.4, 0.5) is 0 Å². The van der Waals surface area contributed by atoms with Crippen molar-refractivity contribution in [1.82, 2.24) is 0 Å². The standard InChI is InChI=1S/C18H12Br2O3/c1-22-16-7-2-11(9-15(16)20)8-13-10-17(23-18(13)21)12-3-5-14(19)6-4-12/h2-10H,1H3/b13-8+. The fourth-order valence-electron chi connectivity index (χ4n) is 2.20. The second-order valence-corrected chi connectivity index (χ2v) is 6.67. The molecule has 3 nitrogen and oxygen atoms in total. The highest BCUT2D eigenvalue weighted by Crippen LogP contribution is 2.30. The van der Waals surface area contributed by atoms with Gasteiger partial charge in [0.15, 0.2) is 0 Å². The summed E-state index contributed by atoms with van der Waals surface area (Å²) in [6.45, 7) is 0. The molecule has 5 heteroatoms. The summed E-state index contributed by atoms with van der Waals surface area (Å²) in [5, 5.41) is 0. The minimum Gasteiger partial charge on any atom is -0.496 e. The predicted molar refractivity (Wildman–Crippen MR) is 96.9 cm³/mol. The Labute approximate surface area is 150 Å². The van der Waals surface area contributed by atoms with Crippen LogP contribution in [0.25, 0.3) is 11.8 Å². The molecule has 2 aromatic carbocycles. The molecule has 0 bridgehead atoms. The maximum atomic E-state index is 12.0. The molecule has 0 amide bonds. The van der Waals surface area contributed by atoms with Crippen LogP contribution in [0.2, 0.25) is 0 Å². The summed E-state index contributed by atoms with van der Waals surface area (Å²) in [6.07, 6.45) is 3.54. The van der Waals surface area contributed by atoms with Crippen molar-refractivity contribution in [1.29, 1.82) is 0 Å². The molecule has 0 fully saturated rings. The van der Waals surface area contributed by atoms with E-state index in [2.05, 4.69) is 31.9 Å². The van der Waals surface area contributed by atoms with Crippen molar-refractivity contribution >= 4 is 49.7 Å². The summed E-state index contributed by atoms with van der Waals surface area (Å²) in [6, 6.07) is 13.2. The number of methoxy groups -OCH3 is 1. The molecule has 1 aliphatic rings. The summed E-state index contributed by atoms with van der Waals surface area (Å²) in [5.41, 5.74) is 2.26. The summed E-state index contributed by atoms with van der Waals surface area (Å²) in [7, 11) is 1.61. The van der Waals surface area contributed by atoms with Crippen molar-refractivity contribution in [3.05, 3.63) is 74.2 Å². The molecule has 1 heterocycles. The summed E-state index contributed by atoms with van der Waals surface area (Å²) in [5.74, 6) is 0.948. The van der Waals surface area contributed by atoms with Crippen LogP contribution < -0.4 is 4.74 Å². The van der Waals surface area contributed by atoms with Gasteiger partial charge in [-0.2, -0.15) is 0 Å². The van der Waals surface area contributed by atoms with Gasteiger partial charge in [-0.05, 0) is 57.9 Å². The van der Waals surface area contributed by atoms with Crippen molar-refractivity contribution in [3.8, 4) is 5.75 Å². The van der Waals surface area contributed by atoms with Crippen molar-refractivity contribution in [2.75, 3.05) is 7.11 Å². The molecule has 0 N–H and O–H groups in total. The van der Waals surface area contributed by atoms with E-state index in [1.165, 1.54) is 0 Å². The van der Waals surface area contributed by atoms with Crippen LogP contribution in [-0.4, -0.2) is 13.1 Å². The van der Waals surface area contributed by atoms with E-state index >= 15 is 0 Å². The van der Waals surface area contributed by atoms with Gasteiger partial charge in [-0.25, -0.2) is 4.79 Å². The van der Waals surface area contributed by atoms with Crippen molar-refractivity contribution in [2.24, 2.45) is 0 Å². The lowest BCUT2D eigenvalue weighted by atomic mass is 10.1. The highest BCUT2D eigenvalue weighted by Gasteiger charge is 2.22. The fraction of sp³-hybridized carbons (Fsp3) is 0.0556. The number of carbonyl (C=O) groups is 1. The Balaban J connectivity index is 1.91. The largest absolute Gasteiger partial charge is 0.496 e. The third-order valence-electron chi connectivity index (χ3n) is 3.35. The molecule has 0 atom stereocenters. The zero-order valence-corrected chi connectivity index (χ0v) is 15.3. The molecule has 3 rings (SSSR count).